The average Bonchev–Trinajstić information content (AvgIpc) is 3.36. The smallest absolute Gasteiger partial charge is 0.199 e. The summed E-state index contributed by atoms with van der Waals surface area (Å²) < 4.78 is 88.9. The summed E-state index contributed by atoms with van der Waals surface area (Å²) in [6, 6.07) is 5.00. The Morgan fingerprint density at radius 3 is 1.58 bits per heavy atom. The minimum Gasteiger partial charge on any atom is -0.288 e. The van der Waals surface area contributed by atoms with Crippen molar-refractivity contribution in [3.8, 4) is 46.7 Å². The number of carbonyl (C=O) groups excluding carboxylic acids is 1. The minimum absolute atomic E-state index is 0.697. The molecule has 0 radical (unpaired) electrons. The number of fused-ring (bicyclic) bond motifs is 7. The second-order valence-corrected chi connectivity index (χ2v) is 7.31. The second kappa shape index (κ2) is 7.23. The van der Waals surface area contributed by atoms with Gasteiger partial charge >= 0.3 is 0 Å². The van der Waals surface area contributed by atoms with Crippen molar-refractivity contribution in [2.24, 2.45) is 0 Å². The highest BCUT2D eigenvalue weighted by molar-refractivity contribution is 6.26. The Kier molecular flexibility index (Phi) is 4.47. The van der Waals surface area contributed by atoms with Gasteiger partial charge in [-0.2, -0.15) is 21.0 Å². The number of ketones is 1. The fourth-order valence-electron chi connectivity index (χ4n) is 4.30. The van der Waals surface area contributed by atoms with E-state index < -0.39 is 108 Å². The van der Waals surface area contributed by atoms with Crippen molar-refractivity contribution < 1.29 is 31.1 Å². The van der Waals surface area contributed by atoms with Crippen molar-refractivity contribution in [2.45, 2.75) is 0 Å². The molecule has 0 saturated carbocycles. The summed E-state index contributed by atoms with van der Waals surface area (Å²) in [4.78, 5) is 13.2. The van der Waals surface area contributed by atoms with Crippen LogP contribution in [0.2, 0.25) is 0 Å². The average molecular weight is 490 g/mol. The number of benzene rings is 2. The van der Waals surface area contributed by atoms with E-state index in [1.807, 2.05) is 0 Å². The van der Waals surface area contributed by atoms with Gasteiger partial charge in [0.15, 0.2) is 40.7 Å². The summed E-state index contributed by atoms with van der Waals surface area (Å²) in [5.41, 5.74) is -11.8. The normalized spacial score (nSPS) is 12.1. The van der Waals surface area contributed by atoms with Gasteiger partial charge in [0.05, 0.1) is 16.7 Å². The summed E-state index contributed by atoms with van der Waals surface area (Å²) >= 11 is 0. The molecule has 0 aliphatic heterocycles. The largest absolute Gasteiger partial charge is 0.288 e. The molecule has 5 rings (SSSR count). The fraction of sp³-hybridized carbons (Fsp3) is 0. The van der Waals surface area contributed by atoms with E-state index >= 15 is 8.78 Å². The molecule has 0 fully saturated rings. The lowest BCUT2D eigenvalue weighted by atomic mass is 9.96. The molecule has 2 aliphatic carbocycles. The van der Waals surface area contributed by atoms with Crippen LogP contribution in [0.4, 0.5) is 26.3 Å². The molecule has 2 aliphatic rings. The van der Waals surface area contributed by atoms with Crippen molar-refractivity contribution in [1.29, 1.82) is 21.0 Å². The quantitative estimate of drug-likeness (QED) is 0.181. The van der Waals surface area contributed by atoms with Crippen LogP contribution in [0.25, 0.3) is 28.0 Å². The van der Waals surface area contributed by atoms with Crippen molar-refractivity contribution >= 4 is 11.4 Å². The van der Waals surface area contributed by atoms with E-state index in [2.05, 4.69) is 10.2 Å². The van der Waals surface area contributed by atoms with Crippen LogP contribution in [-0.2, 0) is 0 Å². The third-order valence-electron chi connectivity index (χ3n) is 5.74. The molecule has 1 heterocycles. The summed E-state index contributed by atoms with van der Waals surface area (Å²) in [5.74, 6) is -12.6. The van der Waals surface area contributed by atoms with Crippen LogP contribution in [-0.4, -0.2) is 16.0 Å². The third kappa shape index (κ3) is 2.36. The second-order valence-electron chi connectivity index (χ2n) is 7.31. The van der Waals surface area contributed by atoms with Gasteiger partial charge in [-0.15, -0.1) is 10.2 Å². The van der Waals surface area contributed by atoms with E-state index in [-0.39, 0.29) is 0 Å². The molecule has 0 N–H and O–H groups in total. The molecule has 0 spiro atoms. The molecule has 7 nitrogen and oxygen atoms in total. The van der Waals surface area contributed by atoms with Gasteiger partial charge in [-0.05, 0) is 0 Å². The highest BCUT2D eigenvalue weighted by Crippen LogP contribution is 2.53. The van der Waals surface area contributed by atoms with Gasteiger partial charge in [0.1, 0.15) is 52.4 Å². The summed E-state index contributed by atoms with van der Waals surface area (Å²) in [6.07, 6.45) is 0. The molecule has 2 aromatic carbocycles. The van der Waals surface area contributed by atoms with Gasteiger partial charge in [0.2, 0.25) is 0 Å². The Morgan fingerprint density at radius 1 is 0.556 bits per heavy atom. The molecule has 0 saturated heterocycles. The van der Waals surface area contributed by atoms with E-state index in [0.29, 0.717) is 0 Å². The lowest BCUT2D eigenvalue weighted by Gasteiger charge is -2.09. The van der Waals surface area contributed by atoms with Gasteiger partial charge in [0, 0.05) is 22.3 Å². The number of hydrogen-bond acceptors (Lipinski definition) is 7. The highest BCUT2D eigenvalue weighted by Gasteiger charge is 2.46. The zero-order valence-corrected chi connectivity index (χ0v) is 16.9. The number of rotatable bonds is 0. The molecule has 36 heavy (non-hydrogen) atoms. The van der Waals surface area contributed by atoms with Crippen LogP contribution < -0.4 is 0 Å². The first-order valence-electron chi connectivity index (χ1n) is 9.38. The molecular weight excluding hydrogens is 490 g/mol. The summed E-state index contributed by atoms with van der Waals surface area (Å²) in [7, 11) is 0. The molecule has 3 aromatic rings. The van der Waals surface area contributed by atoms with E-state index in [1.165, 1.54) is 12.1 Å². The van der Waals surface area contributed by atoms with E-state index in [9.17, 15) is 32.9 Å². The van der Waals surface area contributed by atoms with Gasteiger partial charge in [-0.1, -0.05) is 0 Å². The Balaban J connectivity index is 2.04. The zero-order chi connectivity index (χ0) is 26.2. The van der Waals surface area contributed by atoms with Crippen LogP contribution in [0.3, 0.4) is 0 Å². The number of halogens is 6. The lowest BCUT2D eigenvalue weighted by Crippen LogP contribution is -2.07. The third-order valence-corrected chi connectivity index (χ3v) is 5.74. The predicted molar refractivity (Wildman–Crippen MR) is 103 cm³/mol. The number of nitrogens with zero attached hydrogens (tertiary/aromatic N) is 6. The zero-order valence-electron chi connectivity index (χ0n) is 16.9. The monoisotopic (exact) mass is 490 g/mol. The summed E-state index contributed by atoms with van der Waals surface area (Å²) in [5, 5.41) is 44.0. The Labute approximate surface area is 195 Å². The van der Waals surface area contributed by atoms with Crippen LogP contribution in [0, 0.1) is 80.2 Å². The lowest BCUT2D eigenvalue weighted by molar-refractivity contribution is 0.103. The first-order valence-corrected chi connectivity index (χ1v) is 9.38. The van der Waals surface area contributed by atoms with Gasteiger partial charge in [0.25, 0.3) is 0 Å². The number of carbonyl (C=O) groups is 1. The Morgan fingerprint density at radius 2 is 1.06 bits per heavy atom. The fourth-order valence-corrected chi connectivity index (χ4v) is 4.30. The first kappa shape index (κ1) is 22.3. The Bertz CT molecular complexity index is 1850. The molecule has 1 aromatic heterocycles. The molecule has 0 unspecified atom stereocenters. The van der Waals surface area contributed by atoms with E-state index in [0.717, 1.165) is 12.1 Å². The predicted octanol–water partition coefficient (Wildman–Crippen LogP) is 4.10. The minimum atomic E-state index is -1.98. The topological polar surface area (TPSA) is 138 Å². The van der Waals surface area contributed by atoms with Crippen LogP contribution in [0.5, 0.6) is 0 Å². The van der Waals surface area contributed by atoms with Gasteiger partial charge in [-0.25, -0.2) is 26.3 Å². The van der Waals surface area contributed by atoms with Crippen molar-refractivity contribution in [2.75, 3.05) is 0 Å². The summed E-state index contributed by atoms with van der Waals surface area (Å²) in [6.45, 7) is 0. The Hall–Kier alpha value is -5.53. The van der Waals surface area contributed by atoms with Crippen LogP contribution >= 0.6 is 0 Å². The molecule has 13 heteroatoms. The first-order chi connectivity index (χ1) is 17.2. The molecule has 0 bridgehead atoms. The number of nitriles is 4. The van der Waals surface area contributed by atoms with Crippen molar-refractivity contribution in [1.82, 2.24) is 10.2 Å². The maximum absolute atomic E-state index is 15.4. The molecule has 0 atom stereocenters. The maximum atomic E-state index is 15.4. The SMILES string of the molecule is N#CC(C#N)=C1c2nnc3c(c2-c2c(F)c(C#N)c(F)c(F)c21)C(=O)c1c(F)c(F)c(C#N)c(F)c1-3. The van der Waals surface area contributed by atoms with Gasteiger partial charge < -0.3 is 0 Å². The van der Waals surface area contributed by atoms with E-state index in [4.69, 9.17) is 10.5 Å². The number of aromatic nitrogens is 2. The highest BCUT2D eigenvalue weighted by atomic mass is 19.2. The number of hydrogen-bond donors (Lipinski definition) is 0. The van der Waals surface area contributed by atoms with Crippen LogP contribution in [0.15, 0.2) is 5.57 Å². The van der Waals surface area contributed by atoms with Gasteiger partial charge in [-0.3, -0.25) is 4.79 Å². The number of allylic oxidation sites excluding steroid dienone is 1. The standard InChI is InChI=1S/C23F6N6O/c24-15-6(3-32)17(26)19(28)9-8(5(1-30)2-31)21-11(10(9)15)14-22(35-34-21)12-13(23(14)36)20(29)18(27)7(4-33)16(12)25. The maximum Gasteiger partial charge on any atom is 0.199 e. The van der Waals surface area contributed by atoms with Crippen molar-refractivity contribution in [3.63, 3.8) is 0 Å². The molecule has 0 amide bonds. The van der Waals surface area contributed by atoms with Crippen LogP contribution in [0.1, 0.15) is 38.3 Å². The molecule has 170 valence electrons. The van der Waals surface area contributed by atoms with E-state index in [1.54, 1.807) is 0 Å². The van der Waals surface area contributed by atoms with Crippen molar-refractivity contribution in [3.05, 3.63) is 74.0 Å². The molecular formula is C23F6N6O.